The summed E-state index contributed by atoms with van der Waals surface area (Å²) in [5.74, 6) is 1.57. The van der Waals surface area contributed by atoms with Gasteiger partial charge < -0.3 is 9.84 Å². The minimum atomic E-state index is -0.199. The number of carbonyl (C=O) groups is 1. The quantitative estimate of drug-likeness (QED) is 0.708. The van der Waals surface area contributed by atoms with E-state index in [0.29, 0.717) is 0 Å². The maximum absolute atomic E-state index is 12.8. The lowest BCUT2D eigenvalue weighted by Crippen LogP contribution is -2.32. The average Bonchev–Trinajstić information content (AvgIpc) is 3.36. The van der Waals surface area contributed by atoms with Crippen molar-refractivity contribution in [3.8, 4) is 0 Å². The first-order chi connectivity index (χ1) is 13.4. The molecule has 0 aromatic carbocycles. The van der Waals surface area contributed by atoms with Gasteiger partial charge >= 0.3 is 0 Å². The second-order valence-electron chi connectivity index (χ2n) is 7.25. The van der Waals surface area contributed by atoms with Crippen LogP contribution >= 0.6 is 11.3 Å². The van der Waals surface area contributed by atoms with Crippen LogP contribution in [0.25, 0.3) is 0 Å². The molecule has 4 rings (SSSR count). The Hall–Kier alpha value is -2.52. The molecule has 148 valence electrons. The third-order valence-corrected chi connectivity index (χ3v) is 6.33. The highest BCUT2D eigenvalue weighted by atomic mass is 32.1. The van der Waals surface area contributed by atoms with Crippen molar-refractivity contribution in [2.24, 2.45) is 7.05 Å². The van der Waals surface area contributed by atoms with Crippen molar-refractivity contribution in [1.82, 2.24) is 30.1 Å². The second kappa shape index (κ2) is 7.48. The molecule has 0 radical (unpaired) electrons. The van der Waals surface area contributed by atoms with Gasteiger partial charge in [-0.2, -0.15) is 5.10 Å². The molecule has 8 nitrogen and oxygen atoms in total. The number of amides is 1. The fourth-order valence-corrected chi connectivity index (χ4v) is 4.82. The molecule has 1 N–H and O–H groups in total. The van der Waals surface area contributed by atoms with Crippen LogP contribution in [0.15, 0.2) is 16.2 Å². The van der Waals surface area contributed by atoms with E-state index >= 15 is 0 Å². The van der Waals surface area contributed by atoms with Crippen molar-refractivity contribution in [3.05, 3.63) is 50.6 Å². The number of aryl methyl sites for hydroxylation is 3. The zero-order valence-electron chi connectivity index (χ0n) is 16.5. The normalized spacial score (nSPS) is 15.4. The molecule has 1 amide bonds. The summed E-state index contributed by atoms with van der Waals surface area (Å²) in [7, 11) is 1.82. The molecule has 0 bridgehead atoms. The highest BCUT2D eigenvalue weighted by molar-refractivity contribution is 7.10. The van der Waals surface area contributed by atoms with Crippen LogP contribution in [0, 0.1) is 13.8 Å². The van der Waals surface area contributed by atoms with Gasteiger partial charge in [-0.25, -0.2) is 4.98 Å². The van der Waals surface area contributed by atoms with Gasteiger partial charge in [0.1, 0.15) is 17.9 Å². The van der Waals surface area contributed by atoms with Gasteiger partial charge in [0.05, 0.1) is 17.3 Å². The van der Waals surface area contributed by atoms with Crippen molar-refractivity contribution in [1.29, 1.82) is 0 Å². The van der Waals surface area contributed by atoms with Gasteiger partial charge in [-0.1, -0.05) is 5.16 Å². The van der Waals surface area contributed by atoms with E-state index in [0.717, 1.165) is 54.5 Å². The number of nitrogens with one attached hydrogen (secondary N) is 1. The van der Waals surface area contributed by atoms with Crippen LogP contribution in [0.2, 0.25) is 0 Å². The molecule has 1 aliphatic heterocycles. The third-order valence-electron chi connectivity index (χ3n) is 5.31. The molecule has 1 aliphatic rings. The van der Waals surface area contributed by atoms with Gasteiger partial charge in [0.25, 0.3) is 5.91 Å². The Balaban J connectivity index is 1.45. The van der Waals surface area contributed by atoms with Crippen LogP contribution in [-0.4, -0.2) is 37.3 Å². The van der Waals surface area contributed by atoms with Gasteiger partial charge in [0.2, 0.25) is 0 Å². The number of thiophene rings is 1. The largest absolute Gasteiger partial charge is 0.361 e. The molecule has 0 fully saturated rings. The predicted octanol–water partition coefficient (Wildman–Crippen LogP) is 2.53. The van der Waals surface area contributed by atoms with E-state index in [2.05, 4.69) is 25.5 Å². The Morgan fingerprint density at radius 1 is 1.43 bits per heavy atom. The summed E-state index contributed by atoms with van der Waals surface area (Å²) in [6.45, 7) is 8.43. The van der Waals surface area contributed by atoms with Crippen molar-refractivity contribution in [2.45, 2.75) is 46.3 Å². The number of fused-ring (bicyclic) bond motifs is 1. The number of aromatic nitrogens is 4. The Labute approximate surface area is 167 Å². The Kier molecular flexibility index (Phi) is 5.03. The highest BCUT2D eigenvalue weighted by Crippen LogP contribution is 2.30. The fourth-order valence-electron chi connectivity index (χ4n) is 3.69. The first-order valence-electron chi connectivity index (χ1n) is 9.32. The van der Waals surface area contributed by atoms with E-state index in [1.807, 2.05) is 33.2 Å². The molecule has 1 atom stereocenters. The monoisotopic (exact) mass is 400 g/mol. The maximum Gasteiger partial charge on any atom is 0.252 e. The van der Waals surface area contributed by atoms with Crippen LogP contribution < -0.4 is 5.32 Å². The number of nitrogens with zero attached hydrogens (tertiary/aromatic N) is 5. The molecular formula is C19H24N6O2S. The van der Waals surface area contributed by atoms with Crippen molar-refractivity contribution < 1.29 is 9.32 Å². The summed E-state index contributed by atoms with van der Waals surface area (Å²) in [6.07, 6.45) is 2.36. The van der Waals surface area contributed by atoms with E-state index in [1.165, 1.54) is 16.8 Å². The Morgan fingerprint density at radius 3 is 2.93 bits per heavy atom. The number of rotatable bonds is 5. The molecule has 0 spiro atoms. The van der Waals surface area contributed by atoms with E-state index in [9.17, 15) is 4.79 Å². The lowest BCUT2D eigenvalue weighted by Gasteiger charge is -2.27. The zero-order valence-corrected chi connectivity index (χ0v) is 17.3. The summed E-state index contributed by atoms with van der Waals surface area (Å²) in [5.41, 5.74) is 4.07. The highest BCUT2D eigenvalue weighted by Gasteiger charge is 2.26. The van der Waals surface area contributed by atoms with E-state index in [-0.39, 0.29) is 11.9 Å². The molecule has 3 aromatic rings. The second-order valence-corrected chi connectivity index (χ2v) is 8.22. The van der Waals surface area contributed by atoms with Crippen LogP contribution in [0.3, 0.4) is 0 Å². The third kappa shape index (κ3) is 3.47. The Bertz CT molecular complexity index is 985. The van der Waals surface area contributed by atoms with Crippen molar-refractivity contribution >= 4 is 17.2 Å². The molecule has 4 heterocycles. The predicted molar refractivity (Wildman–Crippen MR) is 105 cm³/mol. The topological polar surface area (TPSA) is 89.1 Å². The first kappa shape index (κ1) is 18.8. The van der Waals surface area contributed by atoms with Crippen molar-refractivity contribution in [3.63, 3.8) is 0 Å². The summed E-state index contributed by atoms with van der Waals surface area (Å²) in [4.78, 5) is 20.7. The van der Waals surface area contributed by atoms with Crippen LogP contribution in [0.5, 0.6) is 0 Å². The van der Waals surface area contributed by atoms with Gasteiger partial charge in [-0.15, -0.1) is 11.3 Å². The first-order valence-corrected chi connectivity index (χ1v) is 10.2. The van der Waals surface area contributed by atoms with E-state index in [1.54, 1.807) is 16.0 Å². The van der Waals surface area contributed by atoms with Gasteiger partial charge in [-0.3, -0.25) is 14.4 Å². The smallest absolute Gasteiger partial charge is 0.252 e. The fraction of sp³-hybridized carbons (Fsp3) is 0.474. The van der Waals surface area contributed by atoms with Crippen LogP contribution in [0.1, 0.15) is 56.6 Å². The molecule has 0 aliphatic carbocycles. The standard InChI is InChI=1S/C19H24N6O2S/c1-11-15(13(3)27-23-11)7-25-6-5-14-16(9-28-17(14)8-25)19(26)22-12(2)18-20-10-21-24(18)4/h9-10,12H,5-8H2,1-4H3,(H,22,26). The SMILES string of the molecule is Cc1noc(C)c1CN1CCc2c(C(=O)NC(C)c3ncnn3C)csc2C1. The zero-order chi connectivity index (χ0) is 19.8. The van der Waals surface area contributed by atoms with Crippen LogP contribution in [-0.2, 0) is 26.6 Å². The Morgan fingerprint density at radius 2 is 2.25 bits per heavy atom. The summed E-state index contributed by atoms with van der Waals surface area (Å²) < 4.78 is 6.96. The summed E-state index contributed by atoms with van der Waals surface area (Å²) in [5, 5.41) is 13.1. The number of carbonyl (C=O) groups excluding carboxylic acids is 1. The molecular weight excluding hydrogens is 376 g/mol. The lowest BCUT2D eigenvalue weighted by molar-refractivity contribution is 0.0936. The minimum absolute atomic E-state index is 0.0489. The maximum atomic E-state index is 12.8. The van der Waals surface area contributed by atoms with Crippen molar-refractivity contribution in [2.75, 3.05) is 6.54 Å². The van der Waals surface area contributed by atoms with E-state index < -0.39 is 0 Å². The minimum Gasteiger partial charge on any atom is -0.361 e. The van der Waals surface area contributed by atoms with Crippen LogP contribution in [0.4, 0.5) is 0 Å². The molecule has 28 heavy (non-hydrogen) atoms. The number of hydrogen-bond acceptors (Lipinski definition) is 7. The molecule has 3 aromatic heterocycles. The summed E-state index contributed by atoms with van der Waals surface area (Å²) in [6, 6.07) is -0.199. The molecule has 1 unspecified atom stereocenters. The average molecular weight is 401 g/mol. The lowest BCUT2D eigenvalue weighted by atomic mass is 10.0. The van der Waals surface area contributed by atoms with E-state index in [4.69, 9.17) is 4.52 Å². The summed E-state index contributed by atoms with van der Waals surface area (Å²) >= 11 is 1.66. The number of hydrogen-bond donors (Lipinski definition) is 1. The van der Waals surface area contributed by atoms with Gasteiger partial charge in [-0.05, 0) is 32.8 Å². The molecule has 9 heteroatoms. The van der Waals surface area contributed by atoms with Gasteiger partial charge in [0.15, 0.2) is 0 Å². The van der Waals surface area contributed by atoms with Gasteiger partial charge in [0, 0.05) is 42.5 Å². The molecule has 0 saturated heterocycles. The molecule has 0 saturated carbocycles.